The number of nitrogens with one attached hydrogen (secondary N) is 1. The van der Waals surface area contributed by atoms with E-state index in [1.165, 1.54) is 24.1 Å². The molecule has 2 aromatic rings. The molecule has 2 aromatic heterocycles. The minimum absolute atomic E-state index is 0.170. The number of carbonyl (C=O) groups is 1. The molecule has 2 aliphatic heterocycles. The molecule has 4 N–H and O–H groups in total. The van der Waals surface area contributed by atoms with E-state index in [1.807, 2.05) is 6.20 Å². The number of ether oxygens (including phenoxy) is 1. The van der Waals surface area contributed by atoms with Crippen molar-refractivity contribution in [3.8, 4) is 0 Å². The lowest BCUT2D eigenvalue weighted by Gasteiger charge is -2.41. The molecule has 10 heteroatoms. The van der Waals surface area contributed by atoms with E-state index in [0.29, 0.717) is 5.95 Å². The van der Waals surface area contributed by atoms with Crippen LogP contribution in [-0.4, -0.2) is 71.1 Å². The summed E-state index contributed by atoms with van der Waals surface area (Å²) in [7, 11) is 0. The third kappa shape index (κ3) is 3.84. The van der Waals surface area contributed by atoms with Gasteiger partial charge in [-0.1, -0.05) is 0 Å². The van der Waals surface area contributed by atoms with Gasteiger partial charge in [-0.2, -0.15) is 15.1 Å². The van der Waals surface area contributed by atoms with Gasteiger partial charge in [0.05, 0.1) is 19.4 Å². The van der Waals surface area contributed by atoms with Gasteiger partial charge in [-0.3, -0.25) is 9.89 Å². The number of nitrogens with zero attached hydrogens (tertiary/aromatic N) is 5. The van der Waals surface area contributed by atoms with Crippen LogP contribution in [0, 0.1) is 0 Å². The molecule has 1 spiro atoms. The van der Waals surface area contributed by atoms with E-state index >= 15 is 0 Å². The first-order valence-corrected chi connectivity index (χ1v) is 9.98. The van der Waals surface area contributed by atoms with Gasteiger partial charge in [0.2, 0.25) is 5.95 Å². The summed E-state index contributed by atoms with van der Waals surface area (Å²) < 4.78 is 5.45. The van der Waals surface area contributed by atoms with Gasteiger partial charge >= 0.3 is 0 Å². The van der Waals surface area contributed by atoms with Crippen molar-refractivity contribution < 1.29 is 14.6 Å². The van der Waals surface area contributed by atoms with E-state index < -0.39 is 0 Å². The smallest absolute Gasteiger partial charge is 0.290 e. The number of hydrogen-bond acceptors (Lipinski definition) is 8. The van der Waals surface area contributed by atoms with Crippen LogP contribution in [0.25, 0.3) is 0 Å². The molecular formula is C19H27N7O3. The van der Waals surface area contributed by atoms with Gasteiger partial charge in [0.25, 0.3) is 6.47 Å². The minimum atomic E-state index is -0.250. The van der Waals surface area contributed by atoms with Crippen molar-refractivity contribution >= 4 is 24.1 Å². The van der Waals surface area contributed by atoms with Crippen LogP contribution < -0.4 is 15.5 Å². The van der Waals surface area contributed by atoms with Gasteiger partial charge in [-0.25, -0.2) is 0 Å². The van der Waals surface area contributed by atoms with Crippen LogP contribution in [0.1, 0.15) is 30.5 Å². The highest BCUT2D eigenvalue weighted by atomic mass is 16.5. The second-order valence-electron chi connectivity index (χ2n) is 7.72. The summed E-state index contributed by atoms with van der Waals surface area (Å²) in [5, 5.41) is 14.4. The Labute approximate surface area is 169 Å². The largest absolute Gasteiger partial charge is 0.483 e. The number of rotatable bonds is 2. The van der Waals surface area contributed by atoms with Crippen molar-refractivity contribution in [2.75, 3.05) is 54.9 Å². The SMILES string of the molecule is Nc1nc(N2CCOCC2)cc(N2CCCC3(CCc4cn[nH]c43)C2)n1.O=CO. The van der Waals surface area contributed by atoms with E-state index in [-0.39, 0.29) is 11.9 Å². The maximum absolute atomic E-state index is 8.36. The number of anilines is 3. The highest BCUT2D eigenvalue weighted by Crippen LogP contribution is 2.44. The van der Waals surface area contributed by atoms with Gasteiger partial charge < -0.3 is 25.4 Å². The number of hydrogen-bond donors (Lipinski definition) is 3. The van der Waals surface area contributed by atoms with Crippen molar-refractivity contribution in [1.29, 1.82) is 0 Å². The number of carboxylic acid groups (broad SMARTS) is 1. The van der Waals surface area contributed by atoms with Gasteiger partial charge in [0.15, 0.2) is 0 Å². The summed E-state index contributed by atoms with van der Waals surface area (Å²) in [4.78, 5) is 22.0. The highest BCUT2D eigenvalue weighted by molar-refractivity contribution is 5.55. The zero-order valence-corrected chi connectivity index (χ0v) is 16.4. The number of aromatic amines is 1. The molecule has 1 atom stereocenters. The maximum Gasteiger partial charge on any atom is 0.290 e. The third-order valence-corrected chi connectivity index (χ3v) is 6.07. The first kappa shape index (κ1) is 19.4. The summed E-state index contributed by atoms with van der Waals surface area (Å²) in [6.45, 7) is 4.86. The number of H-pyrrole nitrogens is 1. The number of aromatic nitrogens is 4. The van der Waals surface area contributed by atoms with Crippen LogP contribution >= 0.6 is 0 Å². The lowest BCUT2D eigenvalue weighted by molar-refractivity contribution is -0.122. The normalized spacial score (nSPS) is 23.4. The number of nitrogen functional groups attached to an aromatic ring is 1. The summed E-state index contributed by atoms with van der Waals surface area (Å²) in [5.41, 5.74) is 8.93. The highest BCUT2D eigenvalue weighted by Gasteiger charge is 2.43. The van der Waals surface area contributed by atoms with Crippen molar-refractivity contribution in [2.24, 2.45) is 0 Å². The molecule has 0 amide bonds. The summed E-state index contributed by atoms with van der Waals surface area (Å²) in [5.74, 6) is 2.19. The molecule has 0 saturated carbocycles. The van der Waals surface area contributed by atoms with Crippen LogP contribution in [0.4, 0.5) is 17.6 Å². The van der Waals surface area contributed by atoms with Crippen LogP contribution in [0.5, 0.6) is 0 Å². The molecule has 10 nitrogen and oxygen atoms in total. The Balaban J connectivity index is 0.000000645. The predicted octanol–water partition coefficient (Wildman–Crippen LogP) is 0.804. The summed E-state index contributed by atoms with van der Waals surface area (Å²) >= 11 is 0. The average Bonchev–Trinajstić information content (AvgIpc) is 3.34. The lowest BCUT2D eigenvalue weighted by atomic mass is 9.77. The second-order valence-corrected chi connectivity index (χ2v) is 7.72. The van der Waals surface area contributed by atoms with Crippen molar-refractivity contribution in [2.45, 2.75) is 31.1 Å². The maximum atomic E-state index is 8.36. The standard InChI is InChI=1S/C18H25N7O.CH2O2/c19-17-21-14(24-6-8-26-9-7-24)10-15(22-17)25-5-1-3-18(12-25)4-2-13-11-20-23-16(13)18;2-1-3/h10-11H,1-9,12H2,(H,20,23)(H2,19,21,22);1H,(H,2,3). The number of aryl methyl sites for hydroxylation is 1. The van der Waals surface area contributed by atoms with Crippen molar-refractivity contribution in [3.05, 3.63) is 23.5 Å². The zero-order chi connectivity index (χ0) is 20.3. The topological polar surface area (TPSA) is 133 Å². The fraction of sp³-hybridized carbons (Fsp3) is 0.579. The predicted molar refractivity (Wildman–Crippen MR) is 108 cm³/mol. The van der Waals surface area contributed by atoms with E-state index in [4.69, 9.17) is 20.4 Å². The monoisotopic (exact) mass is 401 g/mol. The van der Waals surface area contributed by atoms with Gasteiger partial charge in [-0.15, -0.1) is 0 Å². The van der Waals surface area contributed by atoms with Gasteiger partial charge in [0.1, 0.15) is 11.6 Å². The number of fused-ring (bicyclic) bond motifs is 2. The Hall–Kier alpha value is -2.88. The van der Waals surface area contributed by atoms with Gasteiger partial charge in [0, 0.05) is 43.4 Å². The van der Waals surface area contributed by atoms with Crippen LogP contribution in [-0.2, 0) is 21.4 Å². The Kier molecular flexibility index (Phi) is 5.52. The summed E-state index contributed by atoms with van der Waals surface area (Å²) in [6.07, 6.45) is 6.64. The van der Waals surface area contributed by atoms with Crippen LogP contribution in [0.3, 0.4) is 0 Å². The number of piperidine rings is 1. The average molecular weight is 401 g/mol. The zero-order valence-electron chi connectivity index (χ0n) is 16.4. The Morgan fingerprint density at radius 3 is 2.66 bits per heavy atom. The molecule has 4 heterocycles. The molecule has 1 unspecified atom stereocenters. The lowest BCUT2D eigenvalue weighted by Crippen LogP contribution is -2.46. The Bertz CT molecular complexity index is 852. The number of morpholine rings is 1. The molecule has 156 valence electrons. The Morgan fingerprint density at radius 1 is 1.17 bits per heavy atom. The molecule has 2 saturated heterocycles. The molecule has 29 heavy (non-hydrogen) atoms. The van der Waals surface area contributed by atoms with Crippen LogP contribution in [0.2, 0.25) is 0 Å². The van der Waals surface area contributed by atoms with Crippen molar-refractivity contribution in [3.63, 3.8) is 0 Å². The molecule has 2 fully saturated rings. The van der Waals surface area contributed by atoms with E-state index in [1.54, 1.807) is 0 Å². The van der Waals surface area contributed by atoms with E-state index in [2.05, 4.69) is 36.0 Å². The number of nitrogens with two attached hydrogens (primary N) is 1. The van der Waals surface area contributed by atoms with E-state index in [9.17, 15) is 0 Å². The molecule has 1 aliphatic carbocycles. The molecule has 3 aliphatic rings. The Morgan fingerprint density at radius 2 is 1.90 bits per heavy atom. The fourth-order valence-electron chi connectivity index (χ4n) is 4.75. The fourth-order valence-corrected chi connectivity index (χ4v) is 4.75. The van der Waals surface area contributed by atoms with Crippen molar-refractivity contribution in [1.82, 2.24) is 20.2 Å². The summed E-state index contributed by atoms with van der Waals surface area (Å²) in [6, 6.07) is 2.09. The van der Waals surface area contributed by atoms with Gasteiger partial charge in [-0.05, 0) is 31.2 Å². The molecule has 0 radical (unpaired) electrons. The quantitative estimate of drug-likeness (QED) is 0.625. The molecular weight excluding hydrogens is 374 g/mol. The first-order valence-electron chi connectivity index (χ1n) is 9.98. The molecule has 5 rings (SSSR count). The second kappa shape index (κ2) is 8.24. The van der Waals surface area contributed by atoms with Crippen LogP contribution in [0.15, 0.2) is 12.3 Å². The molecule has 0 bridgehead atoms. The van der Waals surface area contributed by atoms with E-state index in [0.717, 1.165) is 63.9 Å². The third-order valence-electron chi connectivity index (χ3n) is 6.07. The first-order chi connectivity index (χ1) is 14.1. The minimum Gasteiger partial charge on any atom is -0.483 e. The molecule has 0 aromatic carbocycles.